The highest BCUT2D eigenvalue weighted by atomic mass is 32.1. The molecule has 2 aromatic rings. The lowest BCUT2D eigenvalue weighted by Crippen LogP contribution is -2.11. The fourth-order valence-electron chi connectivity index (χ4n) is 1.45. The van der Waals surface area contributed by atoms with Gasteiger partial charge in [-0.1, -0.05) is 0 Å². The van der Waals surface area contributed by atoms with Gasteiger partial charge in [-0.05, 0) is 41.4 Å². The summed E-state index contributed by atoms with van der Waals surface area (Å²) in [6.07, 6.45) is 1.30. The van der Waals surface area contributed by atoms with Crippen molar-refractivity contribution in [2.24, 2.45) is 0 Å². The Bertz CT molecular complexity index is 442. The molecule has 0 radical (unpaired) electrons. The summed E-state index contributed by atoms with van der Waals surface area (Å²) < 4.78 is 0. The monoisotopic (exact) mass is 234 g/mol. The number of aromatic nitrogens is 1. The van der Waals surface area contributed by atoms with Gasteiger partial charge < -0.3 is 10.4 Å². The zero-order chi connectivity index (χ0) is 11.4. The molecule has 0 aliphatic rings. The maximum atomic E-state index is 9.87. The Labute approximate surface area is 98.8 Å². The molecule has 2 rings (SSSR count). The lowest BCUT2D eigenvalue weighted by molar-refractivity contribution is 0.192. The van der Waals surface area contributed by atoms with Gasteiger partial charge in [-0.3, -0.25) is 4.98 Å². The summed E-state index contributed by atoms with van der Waals surface area (Å²) in [7, 11) is 0. The molecule has 16 heavy (non-hydrogen) atoms. The quantitative estimate of drug-likeness (QED) is 0.854. The number of hydrogen-bond acceptors (Lipinski definition) is 4. The third-order valence-electron chi connectivity index (χ3n) is 2.32. The van der Waals surface area contributed by atoms with Crippen LogP contribution in [0.25, 0.3) is 0 Å². The molecule has 2 aromatic heterocycles. The molecule has 0 aliphatic carbocycles. The molecular formula is C12H14N2OS. The first-order chi connectivity index (χ1) is 7.75. The lowest BCUT2D eigenvalue weighted by atomic mass is 10.2. The second-order valence-electron chi connectivity index (χ2n) is 3.64. The fourth-order valence-corrected chi connectivity index (χ4v) is 2.16. The number of aliphatic hydroxyl groups is 1. The van der Waals surface area contributed by atoms with Crippen molar-refractivity contribution in [3.8, 4) is 0 Å². The standard InChI is InChI=1S/C12H14N2OS/c1-9-6-11(2-4-13-9)14-7-12(15)10-3-5-16-8-10/h2-6,8,12,15H,7H2,1H3,(H,13,14). The Kier molecular flexibility index (Phi) is 3.54. The fraction of sp³-hybridized carbons (Fsp3) is 0.250. The first kappa shape index (κ1) is 11.1. The van der Waals surface area contributed by atoms with E-state index in [4.69, 9.17) is 0 Å². The molecule has 0 aliphatic heterocycles. The lowest BCUT2D eigenvalue weighted by Gasteiger charge is -2.11. The number of nitrogens with one attached hydrogen (secondary N) is 1. The minimum absolute atomic E-state index is 0.459. The highest BCUT2D eigenvalue weighted by molar-refractivity contribution is 7.07. The molecular weight excluding hydrogens is 220 g/mol. The van der Waals surface area contributed by atoms with Gasteiger partial charge in [0.2, 0.25) is 0 Å². The Morgan fingerprint density at radius 3 is 3.06 bits per heavy atom. The highest BCUT2D eigenvalue weighted by Gasteiger charge is 2.07. The molecule has 4 heteroatoms. The summed E-state index contributed by atoms with van der Waals surface area (Å²) in [5.41, 5.74) is 2.92. The molecule has 84 valence electrons. The first-order valence-corrected chi connectivity index (χ1v) is 6.06. The maximum Gasteiger partial charge on any atom is 0.0970 e. The summed E-state index contributed by atoms with van der Waals surface area (Å²) >= 11 is 1.59. The van der Waals surface area contributed by atoms with Crippen molar-refractivity contribution in [1.82, 2.24) is 4.98 Å². The van der Waals surface area contributed by atoms with Gasteiger partial charge >= 0.3 is 0 Å². The number of nitrogens with zero attached hydrogens (tertiary/aromatic N) is 1. The van der Waals surface area contributed by atoms with Crippen LogP contribution in [0.5, 0.6) is 0 Å². The van der Waals surface area contributed by atoms with Crippen molar-refractivity contribution in [2.75, 3.05) is 11.9 Å². The molecule has 0 spiro atoms. The number of aryl methyl sites for hydroxylation is 1. The van der Waals surface area contributed by atoms with Crippen LogP contribution in [0.3, 0.4) is 0 Å². The molecule has 0 aromatic carbocycles. The third-order valence-corrected chi connectivity index (χ3v) is 3.03. The molecule has 2 heterocycles. The van der Waals surface area contributed by atoms with E-state index in [0.717, 1.165) is 16.9 Å². The summed E-state index contributed by atoms with van der Waals surface area (Å²) in [5.74, 6) is 0. The van der Waals surface area contributed by atoms with E-state index in [0.29, 0.717) is 6.54 Å². The summed E-state index contributed by atoms with van der Waals surface area (Å²) in [6.45, 7) is 2.46. The topological polar surface area (TPSA) is 45.1 Å². The van der Waals surface area contributed by atoms with E-state index in [1.807, 2.05) is 35.9 Å². The molecule has 1 unspecified atom stereocenters. The molecule has 3 nitrogen and oxygen atoms in total. The van der Waals surface area contributed by atoms with Gasteiger partial charge in [0.15, 0.2) is 0 Å². The van der Waals surface area contributed by atoms with Crippen molar-refractivity contribution >= 4 is 17.0 Å². The smallest absolute Gasteiger partial charge is 0.0970 e. The van der Waals surface area contributed by atoms with E-state index in [1.54, 1.807) is 17.5 Å². The van der Waals surface area contributed by atoms with Crippen LogP contribution in [0.1, 0.15) is 17.4 Å². The van der Waals surface area contributed by atoms with Gasteiger partial charge in [0.05, 0.1) is 6.10 Å². The van der Waals surface area contributed by atoms with Crippen molar-refractivity contribution < 1.29 is 5.11 Å². The Morgan fingerprint density at radius 2 is 2.38 bits per heavy atom. The normalized spacial score (nSPS) is 12.4. The second-order valence-corrected chi connectivity index (χ2v) is 4.42. The number of anilines is 1. The van der Waals surface area contributed by atoms with Crippen LogP contribution in [-0.4, -0.2) is 16.6 Å². The van der Waals surface area contributed by atoms with E-state index in [1.165, 1.54) is 0 Å². The third kappa shape index (κ3) is 2.81. The summed E-state index contributed by atoms with van der Waals surface area (Å²) in [4.78, 5) is 4.12. The predicted molar refractivity (Wildman–Crippen MR) is 66.7 cm³/mol. The Balaban J connectivity index is 1.92. The van der Waals surface area contributed by atoms with Gasteiger partial charge in [-0.25, -0.2) is 0 Å². The molecule has 0 saturated heterocycles. The van der Waals surface area contributed by atoms with Gasteiger partial charge in [-0.2, -0.15) is 11.3 Å². The van der Waals surface area contributed by atoms with Crippen molar-refractivity contribution in [3.05, 3.63) is 46.4 Å². The average Bonchev–Trinajstić information content (AvgIpc) is 2.79. The SMILES string of the molecule is Cc1cc(NCC(O)c2ccsc2)ccn1. The van der Waals surface area contributed by atoms with Crippen LogP contribution < -0.4 is 5.32 Å². The second kappa shape index (κ2) is 5.09. The van der Waals surface area contributed by atoms with Crippen molar-refractivity contribution in [1.29, 1.82) is 0 Å². The first-order valence-electron chi connectivity index (χ1n) is 5.12. The maximum absolute atomic E-state index is 9.87. The van der Waals surface area contributed by atoms with Crippen molar-refractivity contribution in [2.45, 2.75) is 13.0 Å². The van der Waals surface area contributed by atoms with E-state index in [9.17, 15) is 5.11 Å². The van der Waals surface area contributed by atoms with Crippen LogP contribution in [0, 0.1) is 6.92 Å². The predicted octanol–water partition coefficient (Wildman–Crippen LogP) is 2.60. The van der Waals surface area contributed by atoms with Crippen LogP contribution in [-0.2, 0) is 0 Å². The van der Waals surface area contributed by atoms with E-state index < -0.39 is 6.10 Å². The number of pyridine rings is 1. The minimum atomic E-state index is -0.459. The van der Waals surface area contributed by atoms with Gasteiger partial charge in [0.25, 0.3) is 0 Å². The van der Waals surface area contributed by atoms with E-state index in [2.05, 4.69) is 10.3 Å². The number of aliphatic hydroxyl groups excluding tert-OH is 1. The molecule has 0 amide bonds. The zero-order valence-electron chi connectivity index (χ0n) is 9.05. The van der Waals surface area contributed by atoms with Gasteiger partial charge in [0.1, 0.15) is 0 Å². The molecule has 0 saturated carbocycles. The average molecular weight is 234 g/mol. The molecule has 0 fully saturated rings. The van der Waals surface area contributed by atoms with Crippen LogP contribution in [0.15, 0.2) is 35.2 Å². The van der Waals surface area contributed by atoms with Gasteiger partial charge in [-0.15, -0.1) is 0 Å². The van der Waals surface area contributed by atoms with Crippen LogP contribution >= 0.6 is 11.3 Å². The molecule has 2 N–H and O–H groups in total. The Morgan fingerprint density at radius 1 is 1.50 bits per heavy atom. The van der Waals surface area contributed by atoms with Crippen LogP contribution in [0.4, 0.5) is 5.69 Å². The molecule has 0 bridgehead atoms. The highest BCUT2D eigenvalue weighted by Crippen LogP contribution is 2.17. The Hall–Kier alpha value is -1.39. The number of hydrogen-bond donors (Lipinski definition) is 2. The summed E-state index contributed by atoms with van der Waals surface area (Å²) in [5, 5.41) is 17.0. The van der Waals surface area contributed by atoms with Crippen molar-refractivity contribution in [3.63, 3.8) is 0 Å². The summed E-state index contributed by atoms with van der Waals surface area (Å²) in [6, 6.07) is 5.79. The van der Waals surface area contributed by atoms with E-state index in [-0.39, 0.29) is 0 Å². The van der Waals surface area contributed by atoms with Crippen LogP contribution in [0.2, 0.25) is 0 Å². The van der Waals surface area contributed by atoms with Gasteiger partial charge in [0, 0.05) is 24.1 Å². The minimum Gasteiger partial charge on any atom is -0.387 e. The largest absolute Gasteiger partial charge is 0.387 e. The zero-order valence-corrected chi connectivity index (χ0v) is 9.87. The molecule has 1 atom stereocenters. The number of rotatable bonds is 4. The van der Waals surface area contributed by atoms with E-state index >= 15 is 0 Å². The number of thiophene rings is 1.